The molecule has 0 aromatic carbocycles. The van der Waals surface area contributed by atoms with E-state index in [0.717, 1.165) is 11.8 Å². The van der Waals surface area contributed by atoms with E-state index in [-0.39, 0.29) is 23.1 Å². The molecule has 1 heterocycles. The Hall–Kier alpha value is -0.660. The number of aliphatic hydroxyl groups excluding tert-OH is 1. The van der Waals surface area contributed by atoms with Crippen LogP contribution in [0.3, 0.4) is 0 Å². The molecule has 1 aliphatic heterocycles. The lowest BCUT2D eigenvalue weighted by atomic mass is 10.1. The van der Waals surface area contributed by atoms with Crippen molar-refractivity contribution in [3.05, 3.63) is 0 Å². The Kier molecular flexibility index (Phi) is 3.45. The zero-order valence-corrected chi connectivity index (χ0v) is 7.65. The smallest absolute Gasteiger partial charge is 0.279 e. The van der Waals surface area contributed by atoms with Gasteiger partial charge in [-0.2, -0.15) is 0 Å². The highest BCUT2D eigenvalue weighted by Gasteiger charge is 2.31. The van der Waals surface area contributed by atoms with Gasteiger partial charge in [-0.3, -0.25) is 4.79 Å². The van der Waals surface area contributed by atoms with E-state index in [9.17, 15) is 4.79 Å². The average molecular weight is 185 g/mol. The maximum Gasteiger partial charge on any atom is 0.279 e. The molecular weight excluding hydrogens is 174 g/mol. The molecular formula is C8H11NO2S. The molecule has 1 saturated heterocycles. The zero-order chi connectivity index (χ0) is 8.97. The molecule has 1 amide bonds. The van der Waals surface area contributed by atoms with E-state index in [0.29, 0.717) is 6.42 Å². The number of carbonyl (C=O) groups excluding carboxylic acids is 1. The lowest BCUT2D eigenvalue weighted by molar-refractivity contribution is 0.256. The molecule has 0 bridgehead atoms. The Morgan fingerprint density at radius 1 is 1.75 bits per heavy atom. The lowest BCUT2D eigenvalue weighted by Crippen LogP contribution is -2.32. The van der Waals surface area contributed by atoms with Crippen molar-refractivity contribution in [2.75, 3.05) is 6.61 Å². The quantitative estimate of drug-likeness (QED) is 0.619. The van der Waals surface area contributed by atoms with E-state index < -0.39 is 0 Å². The number of thioether (sulfide) groups is 1. The molecule has 2 N–H and O–H groups in total. The monoisotopic (exact) mass is 185 g/mol. The summed E-state index contributed by atoms with van der Waals surface area (Å²) in [6.45, 7) is 1.79. The van der Waals surface area contributed by atoms with Gasteiger partial charge in [0.1, 0.15) is 0 Å². The number of rotatable bonds is 2. The van der Waals surface area contributed by atoms with Crippen LogP contribution in [0.5, 0.6) is 0 Å². The maximum absolute atomic E-state index is 10.9. The minimum Gasteiger partial charge on any atom is -0.395 e. The Labute approximate surface area is 75.9 Å². The second-order valence-electron chi connectivity index (χ2n) is 2.51. The first-order chi connectivity index (χ1) is 5.77. The molecule has 1 fully saturated rings. The van der Waals surface area contributed by atoms with Crippen molar-refractivity contribution in [3.8, 4) is 11.8 Å². The molecule has 12 heavy (non-hydrogen) atoms. The van der Waals surface area contributed by atoms with Gasteiger partial charge in [-0.05, 0) is 6.92 Å². The van der Waals surface area contributed by atoms with Crippen LogP contribution in [0.4, 0.5) is 4.79 Å². The van der Waals surface area contributed by atoms with Gasteiger partial charge in [-0.1, -0.05) is 11.8 Å². The van der Waals surface area contributed by atoms with Gasteiger partial charge in [-0.25, -0.2) is 0 Å². The molecule has 0 aromatic rings. The second-order valence-corrected chi connectivity index (χ2v) is 3.72. The summed E-state index contributed by atoms with van der Waals surface area (Å²) in [6.07, 6.45) is 0.625. The number of hydrogen-bond acceptors (Lipinski definition) is 3. The summed E-state index contributed by atoms with van der Waals surface area (Å²) < 4.78 is 0. The van der Waals surface area contributed by atoms with Gasteiger partial charge in [0, 0.05) is 6.42 Å². The molecule has 2 unspecified atom stereocenters. The normalized spacial score (nSPS) is 27.7. The molecule has 0 spiro atoms. The van der Waals surface area contributed by atoms with E-state index in [1.807, 2.05) is 0 Å². The fourth-order valence-corrected chi connectivity index (χ4v) is 1.95. The van der Waals surface area contributed by atoms with Crippen LogP contribution in [0.2, 0.25) is 0 Å². The summed E-state index contributed by atoms with van der Waals surface area (Å²) in [4.78, 5) is 10.9. The first-order valence-electron chi connectivity index (χ1n) is 3.75. The van der Waals surface area contributed by atoms with Gasteiger partial charge in [-0.15, -0.1) is 11.8 Å². The van der Waals surface area contributed by atoms with Crippen LogP contribution in [0, 0.1) is 11.8 Å². The van der Waals surface area contributed by atoms with Gasteiger partial charge in [0.2, 0.25) is 0 Å². The fraction of sp³-hybridized carbons (Fsp3) is 0.625. The van der Waals surface area contributed by atoms with Gasteiger partial charge in [0.05, 0.1) is 17.9 Å². The zero-order valence-electron chi connectivity index (χ0n) is 6.83. The molecule has 0 radical (unpaired) electrons. The third-order valence-corrected chi connectivity index (χ3v) is 2.80. The number of nitrogens with one attached hydrogen (secondary N) is 1. The van der Waals surface area contributed by atoms with Crippen LogP contribution in [0.15, 0.2) is 0 Å². The largest absolute Gasteiger partial charge is 0.395 e. The summed E-state index contributed by atoms with van der Waals surface area (Å²) in [7, 11) is 0. The predicted octanol–water partition coefficient (Wildman–Crippen LogP) is 0.586. The molecule has 1 rings (SSSR count). The minimum atomic E-state index is -0.0584. The second kappa shape index (κ2) is 4.39. The third-order valence-electron chi connectivity index (χ3n) is 1.69. The molecule has 66 valence electrons. The highest BCUT2D eigenvalue weighted by atomic mass is 32.2. The van der Waals surface area contributed by atoms with Crippen LogP contribution in [0.1, 0.15) is 13.3 Å². The summed E-state index contributed by atoms with van der Waals surface area (Å²) in [5, 5.41) is 11.6. The van der Waals surface area contributed by atoms with Crippen molar-refractivity contribution in [1.29, 1.82) is 0 Å². The van der Waals surface area contributed by atoms with Crippen molar-refractivity contribution < 1.29 is 9.90 Å². The molecule has 4 heteroatoms. The van der Waals surface area contributed by atoms with Crippen molar-refractivity contribution >= 4 is 17.0 Å². The van der Waals surface area contributed by atoms with E-state index in [4.69, 9.17) is 5.11 Å². The molecule has 0 aromatic heterocycles. The van der Waals surface area contributed by atoms with Crippen LogP contribution < -0.4 is 5.32 Å². The van der Waals surface area contributed by atoms with Gasteiger partial charge >= 0.3 is 0 Å². The Balaban J connectivity index is 2.49. The topological polar surface area (TPSA) is 49.3 Å². The maximum atomic E-state index is 10.9. The van der Waals surface area contributed by atoms with Gasteiger partial charge in [0.25, 0.3) is 5.24 Å². The molecule has 3 nitrogen and oxygen atoms in total. The molecule has 1 aliphatic rings. The number of amides is 1. The van der Waals surface area contributed by atoms with Crippen LogP contribution in [-0.2, 0) is 0 Å². The lowest BCUT2D eigenvalue weighted by Gasteiger charge is -2.11. The number of aliphatic hydroxyl groups is 1. The highest BCUT2D eigenvalue weighted by molar-refractivity contribution is 8.14. The van der Waals surface area contributed by atoms with Crippen molar-refractivity contribution in [3.63, 3.8) is 0 Å². The molecule has 0 saturated carbocycles. The van der Waals surface area contributed by atoms with Crippen molar-refractivity contribution in [2.45, 2.75) is 24.6 Å². The van der Waals surface area contributed by atoms with E-state index in [1.165, 1.54) is 0 Å². The standard InChI is InChI=1S/C8H11NO2S/c1-2-3-4-6-7(5-10)12-8(11)9-6/h6-7,10H,4-5H2,1H3,(H,9,11). The average Bonchev–Trinajstić information content (AvgIpc) is 2.42. The summed E-state index contributed by atoms with van der Waals surface area (Å²) >= 11 is 1.16. The minimum absolute atomic E-state index is 0.0138. The van der Waals surface area contributed by atoms with Crippen molar-refractivity contribution in [2.24, 2.45) is 0 Å². The van der Waals surface area contributed by atoms with Crippen molar-refractivity contribution in [1.82, 2.24) is 5.32 Å². The van der Waals surface area contributed by atoms with E-state index in [2.05, 4.69) is 17.2 Å². The molecule has 0 aliphatic carbocycles. The van der Waals surface area contributed by atoms with Crippen LogP contribution >= 0.6 is 11.8 Å². The van der Waals surface area contributed by atoms with Gasteiger partial charge < -0.3 is 10.4 Å². The summed E-state index contributed by atoms with van der Waals surface area (Å²) in [6, 6.07) is 0.0138. The van der Waals surface area contributed by atoms with E-state index >= 15 is 0 Å². The Morgan fingerprint density at radius 2 is 2.50 bits per heavy atom. The third kappa shape index (κ3) is 2.16. The summed E-state index contributed by atoms with van der Waals surface area (Å²) in [5.74, 6) is 5.65. The van der Waals surface area contributed by atoms with Crippen LogP contribution in [0.25, 0.3) is 0 Å². The van der Waals surface area contributed by atoms with Gasteiger partial charge in [0.15, 0.2) is 0 Å². The van der Waals surface area contributed by atoms with E-state index in [1.54, 1.807) is 6.92 Å². The number of carbonyl (C=O) groups is 1. The highest BCUT2D eigenvalue weighted by Crippen LogP contribution is 2.24. The Bertz CT molecular complexity index is 231. The number of hydrogen-bond donors (Lipinski definition) is 2. The van der Waals surface area contributed by atoms with Crippen LogP contribution in [-0.4, -0.2) is 28.2 Å². The first-order valence-corrected chi connectivity index (χ1v) is 4.63. The molecule has 2 atom stereocenters. The fourth-order valence-electron chi connectivity index (χ4n) is 1.06. The Morgan fingerprint density at radius 3 is 3.08 bits per heavy atom. The SMILES string of the molecule is CC#CCC1NC(=O)SC1CO. The first kappa shape index (κ1) is 9.43. The predicted molar refractivity (Wildman–Crippen MR) is 48.9 cm³/mol. The summed E-state index contributed by atoms with van der Waals surface area (Å²) in [5.41, 5.74) is 0.